The third-order valence-electron chi connectivity index (χ3n) is 8.17. The Bertz CT molecular complexity index is 1480. The summed E-state index contributed by atoms with van der Waals surface area (Å²) in [6.07, 6.45) is 1.81. The van der Waals surface area contributed by atoms with Crippen LogP contribution in [0.25, 0.3) is 0 Å². The Morgan fingerprint density at radius 3 is 1.42 bits per heavy atom. The van der Waals surface area contributed by atoms with Gasteiger partial charge in [-0.3, -0.25) is 0 Å². The molecule has 2 aliphatic carbocycles. The van der Waals surface area contributed by atoms with E-state index in [1.807, 2.05) is 13.8 Å². The summed E-state index contributed by atoms with van der Waals surface area (Å²) in [5.74, 6) is -4.52. The van der Waals surface area contributed by atoms with Crippen LogP contribution in [0.2, 0.25) is 4.22 Å². The first-order valence-corrected chi connectivity index (χ1v) is 16.7. The number of benzene rings is 3. The van der Waals surface area contributed by atoms with Gasteiger partial charge in [-0.1, -0.05) is 0 Å². The van der Waals surface area contributed by atoms with Crippen molar-refractivity contribution in [1.82, 2.24) is 0 Å². The van der Waals surface area contributed by atoms with Crippen LogP contribution in [0.5, 0.6) is 0 Å². The van der Waals surface area contributed by atoms with Crippen LogP contribution < -0.4 is 0 Å². The average Bonchev–Trinajstić information content (AvgIpc) is 3.21. The zero-order valence-corrected chi connectivity index (χ0v) is 25.3. The molecule has 10 heteroatoms. The van der Waals surface area contributed by atoms with Gasteiger partial charge in [0.1, 0.15) is 0 Å². The van der Waals surface area contributed by atoms with Gasteiger partial charge < -0.3 is 0 Å². The molecule has 0 saturated heterocycles. The van der Waals surface area contributed by atoms with Gasteiger partial charge in [-0.05, 0) is 0 Å². The van der Waals surface area contributed by atoms with Gasteiger partial charge in [-0.15, -0.1) is 0 Å². The Hall–Kier alpha value is -3.95. The molecule has 6 nitrogen and oxygen atoms in total. The number of hydrogen-bond donors (Lipinski definition) is 0. The molecule has 5 rings (SSSR count). The molecule has 2 atom stereocenters. The Labute approximate surface area is 251 Å². The zero-order valence-electron chi connectivity index (χ0n) is 23.8. The summed E-state index contributed by atoms with van der Waals surface area (Å²) < 4.78 is 58.6. The van der Waals surface area contributed by atoms with Gasteiger partial charge in [0.05, 0.1) is 0 Å². The molecule has 0 amide bonds. The van der Waals surface area contributed by atoms with Crippen LogP contribution in [0.3, 0.4) is 0 Å². The molecule has 0 heterocycles. The normalized spacial score (nSPS) is 18.3. The summed E-state index contributed by atoms with van der Waals surface area (Å²) in [5, 5.41) is 0. The van der Waals surface area contributed by atoms with Crippen molar-refractivity contribution >= 4 is 17.9 Å². The molecular formula is C33H29F3O6Ti. The van der Waals surface area contributed by atoms with Crippen molar-refractivity contribution in [3.05, 3.63) is 129 Å². The molecular weight excluding hydrogens is 597 g/mol. The molecule has 43 heavy (non-hydrogen) atoms. The van der Waals surface area contributed by atoms with E-state index in [1.165, 1.54) is 36.4 Å². The quantitative estimate of drug-likeness (QED) is 0.247. The first kappa shape index (κ1) is 30.5. The Morgan fingerprint density at radius 1 is 0.674 bits per heavy atom. The number of rotatable bonds is 7. The van der Waals surface area contributed by atoms with E-state index >= 15 is 0 Å². The minimum absolute atomic E-state index is 0.0414. The zero-order chi connectivity index (χ0) is 30.9. The van der Waals surface area contributed by atoms with Gasteiger partial charge in [-0.25, -0.2) is 0 Å². The predicted octanol–water partition coefficient (Wildman–Crippen LogP) is 8.13. The molecule has 3 aromatic rings. The van der Waals surface area contributed by atoms with E-state index in [9.17, 15) is 27.6 Å². The van der Waals surface area contributed by atoms with Gasteiger partial charge in [0.15, 0.2) is 0 Å². The number of allylic oxidation sites excluding steroid dienone is 4. The molecule has 0 fully saturated rings. The minimum atomic E-state index is -5.53. The second kappa shape index (κ2) is 12.3. The van der Waals surface area contributed by atoms with Crippen LogP contribution in [-0.4, -0.2) is 17.9 Å². The molecule has 3 aromatic carbocycles. The SMILES string of the molecule is CC1=C(C)C(C)C2=C1[CH]([Ti]([O]C(=O)c1ccc(F)cc1)([O]C(=O)c1ccc(F)cc1)[O]C(=O)c1ccc(F)cc1)CCC2. The fourth-order valence-corrected chi connectivity index (χ4v) is 10.4. The van der Waals surface area contributed by atoms with Crippen molar-refractivity contribution < 1.29 is 55.3 Å². The fourth-order valence-electron chi connectivity index (χ4n) is 5.70. The molecule has 2 aliphatic rings. The molecule has 0 N–H and O–H groups in total. The fraction of sp³-hybridized carbons (Fsp3) is 0.242. The molecule has 0 aromatic heterocycles. The molecule has 0 spiro atoms. The molecule has 0 radical (unpaired) electrons. The van der Waals surface area contributed by atoms with Crippen LogP contribution in [0.4, 0.5) is 13.2 Å². The summed E-state index contributed by atoms with van der Waals surface area (Å²) in [6.45, 7) is 6.01. The van der Waals surface area contributed by atoms with Crippen LogP contribution in [0.15, 0.2) is 95.1 Å². The summed E-state index contributed by atoms with van der Waals surface area (Å²) in [4.78, 5) is 40.9. The summed E-state index contributed by atoms with van der Waals surface area (Å²) in [6, 6.07) is 13.8. The maximum atomic E-state index is 13.7. The Kier molecular flexibility index (Phi) is 8.76. The van der Waals surface area contributed by atoms with Crippen LogP contribution in [0, 0.1) is 23.4 Å². The van der Waals surface area contributed by atoms with Crippen LogP contribution >= 0.6 is 0 Å². The molecule has 2 unspecified atom stereocenters. The van der Waals surface area contributed by atoms with E-state index in [4.69, 9.17) is 9.96 Å². The Morgan fingerprint density at radius 2 is 1.05 bits per heavy atom. The van der Waals surface area contributed by atoms with Crippen molar-refractivity contribution in [1.29, 1.82) is 0 Å². The number of halogens is 3. The van der Waals surface area contributed by atoms with Gasteiger partial charge in [0, 0.05) is 0 Å². The number of carbonyl (C=O) groups is 3. The second-order valence-electron chi connectivity index (χ2n) is 10.7. The van der Waals surface area contributed by atoms with Crippen molar-refractivity contribution in [3.8, 4) is 0 Å². The van der Waals surface area contributed by atoms with E-state index in [2.05, 4.69) is 6.92 Å². The standard InChI is InChI=1S/C12H17.3C7H5FO2.Ti/c1-8-9(2)11-6-4-5-7-12(11)10(8)3;3*8-6-3-1-5(2-4-6)7(9)10;/h6,10H,4-5,7H2,1-3H3;3*1-4H,(H,9,10);/q;;;;+3/p-3. The van der Waals surface area contributed by atoms with Crippen LogP contribution in [-0.2, 0) is 27.7 Å². The predicted molar refractivity (Wildman–Crippen MR) is 148 cm³/mol. The van der Waals surface area contributed by atoms with E-state index < -0.39 is 57.3 Å². The average molecular weight is 626 g/mol. The number of carbonyl (C=O) groups excluding carboxylic acids is 3. The summed E-state index contributed by atoms with van der Waals surface area (Å²) >= 11 is -5.53. The summed E-state index contributed by atoms with van der Waals surface area (Å²) in [5.41, 5.74) is 3.85. The molecule has 0 saturated carbocycles. The first-order chi connectivity index (χ1) is 20.5. The van der Waals surface area contributed by atoms with Gasteiger partial charge in [0.2, 0.25) is 0 Å². The van der Waals surface area contributed by atoms with Crippen molar-refractivity contribution in [2.75, 3.05) is 0 Å². The molecule has 222 valence electrons. The van der Waals surface area contributed by atoms with Gasteiger partial charge >= 0.3 is 253 Å². The summed E-state index contributed by atoms with van der Waals surface area (Å²) in [7, 11) is 0. The Balaban J connectivity index is 1.67. The number of hydrogen-bond acceptors (Lipinski definition) is 6. The molecule has 0 aliphatic heterocycles. The van der Waals surface area contributed by atoms with E-state index in [0.29, 0.717) is 12.8 Å². The maximum absolute atomic E-state index is 13.7. The van der Waals surface area contributed by atoms with Crippen molar-refractivity contribution in [2.24, 2.45) is 5.92 Å². The van der Waals surface area contributed by atoms with E-state index in [1.54, 1.807) is 0 Å². The van der Waals surface area contributed by atoms with Gasteiger partial charge in [-0.2, -0.15) is 0 Å². The molecule has 0 bridgehead atoms. The third kappa shape index (κ3) is 6.24. The third-order valence-corrected chi connectivity index (χ3v) is 12.6. The van der Waals surface area contributed by atoms with Gasteiger partial charge in [0.25, 0.3) is 0 Å². The first-order valence-electron chi connectivity index (χ1n) is 13.9. The van der Waals surface area contributed by atoms with E-state index in [0.717, 1.165) is 65.1 Å². The van der Waals surface area contributed by atoms with Crippen LogP contribution in [0.1, 0.15) is 71.1 Å². The van der Waals surface area contributed by atoms with Crippen molar-refractivity contribution in [3.63, 3.8) is 0 Å². The second-order valence-corrected chi connectivity index (χ2v) is 14.6. The topological polar surface area (TPSA) is 78.9 Å². The monoisotopic (exact) mass is 626 g/mol. The van der Waals surface area contributed by atoms with Crippen molar-refractivity contribution in [2.45, 2.75) is 44.3 Å². The van der Waals surface area contributed by atoms with E-state index in [-0.39, 0.29) is 22.6 Å².